The van der Waals surface area contributed by atoms with E-state index < -0.39 is 0 Å². The van der Waals surface area contributed by atoms with Gasteiger partial charge >= 0.3 is 0 Å². The van der Waals surface area contributed by atoms with E-state index in [1.54, 1.807) is 6.33 Å². The fourth-order valence-corrected chi connectivity index (χ4v) is 1.40. The van der Waals surface area contributed by atoms with Crippen molar-refractivity contribution < 1.29 is 0 Å². The molecule has 0 spiro atoms. The van der Waals surface area contributed by atoms with Gasteiger partial charge in [-0.3, -0.25) is 0 Å². The maximum atomic E-state index is 5.83. The number of nitrogen functional groups attached to an aromatic ring is 1. The van der Waals surface area contributed by atoms with Crippen LogP contribution in [0.15, 0.2) is 24.5 Å². The van der Waals surface area contributed by atoms with Crippen LogP contribution in [0, 0.1) is 6.92 Å². The molecule has 0 fully saturated rings. The fraction of sp³-hybridized carbons (Fsp3) is 0.273. The van der Waals surface area contributed by atoms with Gasteiger partial charge in [0.1, 0.15) is 6.33 Å². The van der Waals surface area contributed by atoms with Crippen molar-refractivity contribution in [1.29, 1.82) is 0 Å². The van der Waals surface area contributed by atoms with Gasteiger partial charge in [0.15, 0.2) is 5.82 Å². The van der Waals surface area contributed by atoms with Crippen molar-refractivity contribution in [2.24, 2.45) is 7.05 Å². The van der Waals surface area contributed by atoms with Crippen molar-refractivity contribution in [3.8, 4) is 0 Å². The molecule has 0 atom stereocenters. The number of hydrogen-bond acceptors (Lipinski definition) is 4. The highest BCUT2D eigenvalue weighted by Gasteiger charge is 2.01. The number of nitrogens with one attached hydrogen (secondary N) is 1. The maximum Gasteiger partial charge on any atom is 0.151 e. The lowest BCUT2D eigenvalue weighted by Crippen LogP contribution is -2.06. The van der Waals surface area contributed by atoms with Crippen LogP contribution < -0.4 is 11.1 Å². The lowest BCUT2D eigenvalue weighted by molar-refractivity contribution is 0.812. The lowest BCUT2D eigenvalue weighted by Gasteiger charge is -2.07. The first-order valence-corrected chi connectivity index (χ1v) is 5.09. The summed E-state index contributed by atoms with van der Waals surface area (Å²) in [5.74, 6) is 0.888. The molecule has 0 aliphatic rings. The Morgan fingerprint density at radius 2 is 2.25 bits per heavy atom. The highest BCUT2D eigenvalue weighted by molar-refractivity contribution is 5.58. The summed E-state index contributed by atoms with van der Waals surface area (Å²) in [6.45, 7) is 2.63. The third-order valence-electron chi connectivity index (χ3n) is 2.54. The van der Waals surface area contributed by atoms with E-state index in [0.717, 1.165) is 22.8 Å². The number of anilines is 2. The van der Waals surface area contributed by atoms with E-state index in [2.05, 4.69) is 15.5 Å². The summed E-state index contributed by atoms with van der Waals surface area (Å²) in [6.07, 6.45) is 1.68. The summed E-state index contributed by atoms with van der Waals surface area (Å²) in [5, 5.41) is 11.1. The summed E-state index contributed by atoms with van der Waals surface area (Å²) >= 11 is 0. The highest BCUT2D eigenvalue weighted by atomic mass is 15.3. The molecule has 5 heteroatoms. The minimum Gasteiger partial charge on any atom is -0.398 e. The average Bonchev–Trinajstić information content (AvgIpc) is 2.66. The Morgan fingerprint density at radius 1 is 1.44 bits per heavy atom. The first-order valence-electron chi connectivity index (χ1n) is 5.09. The molecule has 0 saturated heterocycles. The largest absolute Gasteiger partial charge is 0.398 e. The van der Waals surface area contributed by atoms with Gasteiger partial charge in [-0.15, -0.1) is 10.2 Å². The molecular formula is C11H15N5. The summed E-state index contributed by atoms with van der Waals surface area (Å²) in [4.78, 5) is 0. The third kappa shape index (κ3) is 2.13. The molecule has 2 aromatic rings. The van der Waals surface area contributed by atoms with Crippen LogP contribution in [0.25, 0.3) is 0 Å². The second-order valence-corrected chi connectivity index (χ2v) is 3.78. The minimum atomic E-state index is 0.638. The van der Waals surface area contributed by atoms with Crippen molar-refractivity contribution in [1.82, 2.24) is 14.8 Å². The molecule has 1 heterocycles. The number of hydrogen-bond donors (Lipinski definition) is 2. The number of aromatic nitrogens is 3. The Balaban J connectivity index is 2.05. The summed E-state index contributed by atoms with van der Waals surface area (Å²) < 4.78 is 1.88. The van der Waals surface area contributed by atoms with Gasteiger partial charge < -0.3 is 15.6 Å². The Kier molecular flexibility index (Phi) is 2.76. The van der Waals surface area contributed by atoms with Gasteiger partial charge in [0, 0.05) is 18.4 Å². The summed E-state index contributed by atoms with van der Waals surface area (Å²) in [6, 6.07) is 5.92. The molecule has 1 aromatic carbocycles. The molecule has 0 aliphatic heterocycles. The first kappa shape index (κ1) is 10.5. The van der Waals surface area contributed by atoms with Crippen molar-refractivity contribution in [3.05, 3.63) is 35.9 Å². The fourth-order valence-electron chi connectivity index (χ4n) is 1.40. The predicted molar refractivity (Wildman–Crippen MR) is 63.9 cm³/mol. The monoisotopic (exact) mass is 217 g/mol. The van der Waals surface area contributed by atoms with Crippen molar-refractivity contribution in [3.63, 3.8) is 0 Å². The van der Waals surface area contributed by atoms with Gasteiger partial charge in [0.05, 0.1) is 6.54 Å². The lowest BCUT2D eigenvalue weighted by atomic mass is 10.2. The molecule has 84 valence electrons. The number of nitrogens with two attached hydrogens (primary N) is 1. The molecule has 2 rings (SSSR count). The molecule has 3 N–H and O–H groups in total. The van der Waals surface area contributed by atoms with Crippen LogP contribution in [0.1, 0.15) is 11.4 Å². The van der Waals surface area contributed by atoms with Gasteiger partial charge in [0.2, 0.25) is 0 Å². The Hall–Kier alpha value is -2.04. The van der Waals surface area contributed by atoms with E-state index in [0.29, 0.717) is 6.54 Å². The maximum absolute atomic E-state index is 5.83. The van der Waals surface area contributed by atoms with E-state index in [4.69, 9.17) is 5.73 Å². The van der Waals surface area contributed by atoms with Crippen LogP contribution in [0.3, 0.4) is 0 Å². The second-order valence-electron chi connectivity index (χ2n) is 3.78. The standard InChI is InChI=1S/C11H15N5/c1-8-3-4-9(5-10(8)12)13-6-11-15-14-7-16(11)2/h3-5,7,13H,6,12H2,1-2H3. The van der Waals surface area contributed by atoms with Gasteiger partial charge in [-0.05, 0) is 24.6 Å². The van der Waals surface area contributed by atoms with Crippen LogP contribution in [0.4, 0.5) is 11.4 Å². The molecular weight excluding hydrogens is 202 g/mol. The Labute approximate surface area is 94.3 Å². The quantitative estimate of drug-likeness (QED) is 0.761. The molecule has 0 radical (unpaired) electrons. The molecule has 1 aromatic heterocycles. The summed E-state index contributed by atoms with van der Waals surface area (Å²) in [5.41, 5.74) is 8.70. The minimum absolute atomic E-state index is 0.638. The number of rotatable bonds is 3. The van der Waals surface area contributed by atoms with Gasteiger partial charge in [-0.1, -0.05) is 6.07 Å². The van der Waals surface area contributed by atoms with E-state index in [1.807, 2.05) is 36.7 Å². The molecule has 0 amide bonds. The van der Waals surface area contributed by atoms with E-state index in [9.17, 15) is 0 Å². The van der Waals surface area contributed by atoms with Gasteiger partial charge in [-0.25, -0.2) is 0 Å². The smallest absolute Gasteiger partial charge is 0.151 e. The molecule has 16 heavy (non-hydrogen) atoms. The SMILES string of the molecule is Cc1ccc(NCc2nncn2C)cc1N. The third-order valence-corrected chi connectivity index (χ3v) is 2.54. The molecule has 0 unspecified atom stereocenters. The van der Waals surface area contributed by atoms with Crippen LogP contribution >= 0.6 is 0 Å². The molecule has 0 bridgehead atoms. The highest BCUT2D eigenvalue weighted by Crippen LogP contribution is 2.17. The van der Waals surface area contributed by atoms with E-state index in [1.165, 1.54) is 0 Å². The summed E-state index contributed by atoms with van der Waals surface area (Å²) in [7, 11) is 1.92. The average molecular weight is 217 g/mol. The first-order chi connectivity index (χ1) is 7.66. The zero-order chi connectivity index (χ0) is 11.5. The normalized spacial score (nSPS) is 10.4. The van der Waals surface area contributed by atoms with Crippen molar-refractivity contribution in [2.75, 3.05) is 11.1 Å². The van der Waals surface area contributed by atoms with Gasteiger partial charge in [-0.2, -0.15) is 0 Å². The number of aryl methyl sites for hydroxylation is 2. The Bertz CT molecular complexity index is 489. The zero-order valence-electron chi connectivity index (χ0n) is 9.44. The molecule has 5 nitrogen and oxygen atoms in total. The predicted octanol–water partition coefficient (Wildman–Crippen LogP) is 1.32. The number of nitrogens with zero attached hydrogens (tertiary/aromatic N) is 3. The van der Waals surface area contributed by atoms with Crippen molar-refractivity contribution in [2.45, 2.75) is 13.5 Å². The van der Waals surface area contributed by atoms with Crippen LogP contribution in [0.5, 0.6) is 0 Å². The van der Waals surface area contributed by atoms with Crippen LogP contribution in [0.2, 0.25) is 0 Å². The topological polar surface area (TPSA) is 68.8 Å². The van der Waals surface area contributed by atoms with Gasteiger partial charge in [0.25, 0.3) is 0 Å². The van der Waals surface area contributed by atoms with E-state index in [-0.39, 0.29) is 0 Å². The van der Waals surface area contributed by atoms with Crippen LogP contribution in [-0.4, -0.2) is 14.8 Å². The molecule has 0 saturated carbocycles. The van der Waals surface area contributed by atoms with Crippen LogP contribution in [-0.2, 0) is 13.6 Å². The zero-order valence-corrected chi connectivity index (χ0v) is 9.44. The molecule has 0 aliphatic carbocycles. The Morgan fingerprint density at radius 3 is 2.88 bits per heavy atom. The van der Waals surface area contributed by atoms with E-state index >= 15 is 0 Å². The number of benzene rings is 1. The van der Waals surface area contributed by atoms with Crippen molar-refractivity contribution >= 4 is 11.4 Å². The second kappa shape index (κ2) is 4.22.